The predicted molar refractivity (Wildman–Crippen MR) is 117 cm³/mol. The summed E-state index contributed by atoms with van der Waals surface area (Å²) in [4.78, 5) is 37.8. The Labute approximate surface area is 189 Å². The van der Waals surface area contributed by atoms with Gasteiger partial charge in [-0.25, -0.2) is 0 Å². The van der Waals surface area contributed by atoms with Crippen molar-refractivity contribution in [1.82, 2.24) is 5.32 Å². The van der Waals surface area contributed by atoms with Crippen LogP contribution in [0.15, 0.2) is 46.9 Å². The van der Waals surface area contributed by atoms with Gasteiger partial charge in [0.25, 0.3) is 5.91 Å². The van der Waals surface area contributed by atoms with E-state index in [0.29, 0.717) is 22.6 Å². The third kappa shape index (κ3) is 6.30. The van der Waals surface area contributed by atoms with E-state index in [1.54, 1.807) is 42.5 Å². The van der Waals surface area contributed by atoms with Gasteiger partial charge in [0.15, 0.2) is 5.78 Å². The summed E-state index contributed by atoms with van der Waals surface area (Å²) >= 11 is 3.35. The lowest BCUT2D eigenvalue weighted by atomic mass is 10.0. The Hall–Kier alpha value is -2.87. The molecule has 0 heterocycles. The number of amides is 1. The number of benzene rings is 2. The third-order valence-corrected chi connectivity index (χ3v) is 5.38. The molecule has 2 aromatic carbocycles. The quantitative estimate of drug-likeness (QED) is 0.400. The first-order valence-corrected chi connectivity index (χ1v) is 10.7. The summed E-state index contributed by atoms with van der Waals surface area (Å²) in [6, 6.07) is 12.0. The summed E-state index contributed by atoms with van der Waals surface area (Å²) in [5.41, 5.74) is 0.890. The molecule has 0 bridgehead atoms. The summed E-state index contributed by atoms with van der Waals surface area (Å²) in [7, 11) is 2.97. The molecule has 1 amide bonds. The molecule has 0 spiro atoms. The smallest absolute Gasteiger partial charge is 0.307 e. The molecule has 1 atom stereocenters. The second-order valence-corrected chi connectivity index (χ2v) is 8.11. The molecule has 1 fully saturated rings. The van der Waals surface area contributed by atoms with Crippen LogP contribution in [0.4, 0.5) is 0 Å². The van der Waals surface area contributed by atoms with Crippen molar-refractivity contribution in [1.29, 1.82) is 0 Å². The highest BCUT2D eigenvalue weighted by atomic mass is 79.9. The standard InChI is InChI=1S/C23H24BrNO6/c1-29-17-9-11-20(30-2)18(13-17)19(26)10-12-21(27)31-22(23(28)25-16-7-8-16)14-3-5-15(24)6-4-14/h3-6,9,11,13,16,22H,7-8,10,12H2,1-2H3,(H,25,28). The zero-order valence-corrected chi connectivity index (χ0v) is 18.9. The molecule has 2 aromatic rings. The Morgan fingerprint density at radius 3 is 2.35 bits per heavy atom. The van der Waals surface area contributed by atoms with E-state index in [4.69, 9.17) is 14.2 Å². The van der Waals surface area contributed by atoms with E-state index < -0.39 is 12.1 Å². The molecule has 1 unspecified atom stereocenters. The minimum Gasteiger partial charge on any atom is -0.497 e. The van der Waals surface area contributed by atoms with Crippen LogP contribution in [-0.4, -0.2) is 37.9 Å². The molecule has 3 rings (SSSR count). The van der Waals surface area contributed by atoms with Gasteiger partial charge >= 0.3 is 5.97 Å². The van der Waals surface area contributed by atoms with Gasteiger partial charge in [-0.05, 0) is 43.2 Å². The summed E-state index contributed by atoms with van der Waals surface area (Å²) in [6.45, 7) is 0. The topological polar surface area (TPSA) is 90.9 Å². The average Bonchev–Trinajstić information content (AvgIpc) is 3.59. The minimum atomic E-state index is -1.07. The van der Waals surface area contributed by atoms with Gasteiger partial charge in [-0.3, -0.25) is 14.4 Å². The van der Waals surface area contributed by atoms with Crippen LogP contribution in [0.3, 0.4) is 0 Å². The van der Waals surface area contributed by atoms with Gasteiger partial charge in [-0.1, -0.05) is 28.1 Å². The van der Waals surface area contributed by atoms with Crippen molar-refractivity contribution < 1.29 is 28.6 Å². The van der Waals surface area contributed by atoms with E-state index in [1.165, 1.54) is 14.2 Å². The third-order valence-electron chi connectivity index (χ3n) is 4.85. The van der Waals surface area contributed by atoms with Crippen LogP contribution in [0.5, 0.6) is 11.5 Å². The second kappa shape index (κ2) is 10.4. The van der Waals surface area contributed by atoms with Crippen molar-refractivity contribution in [3.05, 3.63) is 58.1 Å². The molecule has 8 heteroatoms. The number of halogens is 1. The molecule has 7 nitrogen and oxygen atoms in total. The van der Waals surface area contributed by atoms with Crippen molar-refractivity contribution in [2.24, 2.45) is 0 Å². The van der Waals surface area contributed by atoms with Gasteiger partial charge in [-0.2, -0.15) is 0 Å². The molecule has 1 aliphatic carbocycles. The highest BCUT2D eigenvalue weighted by Crippen LogP contribution is 2.27. The molecule has 0 aromatic heterocycles. The number of methoxy groups -OCH3 is 2. The number of Topliss-reactive ketones (excluding diaryl/α,β-unsaturated/α-hetero) is 1. The zero-order valence-electron chi connectivity index (χ0n) is 17.4. The minimum absolute atomic E-state index is 0.0837. The van der Waals surface area contributed by atoms with Gasteiger partial charge in [0.1, 0.15) is 11.5 Å². The number of esters is 1. The van der Waals surface area contributed by atoms with Crippen LogP contribution >= 0.6 is 15.9 Å². The number of hydrogen-bond donors (Lipinski definition) is 1. The van der Waals surface area contributed by atoms with Crippen molar-refractivity contribution in [2.45, 2.75) is 37.8 Å². The predicted octanol–water partition coefficient (Wildman–Crippen LogP) is 3.99. The maximum Gasteiger partial charge on any atom is 0.307 e. The van der Waals surface area contributed by atoms with E-state index >= 15 is 0 Å². The van der Waals surface area contributed by atoms with Crippen molar-refractivity contribution in [2.75, 3.05) is 14.2 Å². The van der Waals surface area contributed by atoms with Crippen LogP contribution in [0, 0.1) is 0 Å². The number of nitrogens with one attached hydrogen (secondary N) is 1. The monoisotopic (exact) mass is 489 g/mol. The first-order valence-electron chi connectivity index (χ1n) is 9.91. The molecule has 0 saturated heterocycles. The molecule has 0 radical (unpaired) electrons. The number of ketones is 1. The number of rotatable bonds is 10. The average molecular weight is 490 g/mol. The lowest BCUT2D eigenvalue weighted by molar-refractivity contribution is -0.156. The van der Waals surface area contributed by atoms with E-state index in [0.717, 1.165) is 17.3 Å². The van der Waals surface area contributed by atoms with Crippen molar-refractivity contribution >= 4 is 33.6 Å². The molecule has 1 saturated carbocycles. The first kappa shape index (κ1) is 22.8. The van der Waals surface area contributed by atoms with Gasteiger partial charge in [0.2, 0.25) is 6.10 Å². The number of carbonyl (C=O) groups is 3. The number of carbonyl (C=O) groups excluding carboxylic acids is 3. The van der Waals surface area contributed by atoms with Gasteiger partial charge in [0, 0.05) is 22.5 Å². The lowest BCUT2D eigenvalue weighted by Crippen LogP contribution is -2.33. The molecule has 164 valence electrons. The summed E-state index contributed by atoms with van der Waals surface area (Å²) in [6.07, 6.45) is 0.526. The second-order valence-electron chi connectivity index (χ2n) is 7.19. The number of hydrogen-bond acceptors (Lipinski definition) is 6. The normalized spacial score (nSPS) is 13.8. The van der Waals surface area contributed by atoms with Gasteiger partial charge in [0.05, 0.1) is 26.2 Å². The Morgan fingerprint density at radius 1 is 1.03 bits per heavy atom. The Kier molecular flexibility index (Phi) is 7.68. The van der Waals surface area contributed by atoms with E-state index in [-0.39, 0.29) is 30.6 Å². The fraction of sp³-hybridized carbons (Fsp3) is 0.348. The van der Waals surface area contributed by atoms with Gasteiger partial charge < -0.3 is 19.5 Å². The Balaban J connectivity index is 1.66. The molecule has 1 aliphatic rings. The van der Waals surface area contributed by atoms with Gasteiger partial charge in [-0.15, -0.1) is 0 Å². The van der Waals surface area contributed by atoms with Crippen LogP contribution in [0.1, 0.15) is 47.7 Å². The molecular weight excluding hydrogens is 466 g/mol. The first-order chi connectivity index (χ1) is 14.9. The van der Waals surface area contributed by atoms with E-state index in [1.807, 2.05) is 0 Å². The summed E-state index contributed by atoms with van der Waals surface area (Å²) < 4.78 is 16.7. The Morgan fingerprint density at radius 2 is 1.74 bits per heavy atom. The highest BCUT2D eigenvalue weighted by molar-refractivity contribution is 9.10. The summed E-state index contributed by atoms with van der Waals surface area (Å²) in [5.74, 6) is -0.363. The maximum atomic E-state index is 12.7. The van der Waals surface area contributed by atoms with Crippen LogP contribution in [0.2, 0.25) is 0 Å². The largest absolute Gasteiger partial charge is 0.497 e. The highest BCUT2D eigenvalue weighted by Gasteiger charge is 2.31. The van der Waals surface area contributed by atoms with E-state index in [2.05, 4.69) is 21.2 Å². The maximum absolute atomic E-state index is 12.7. The molecule has 0 aliphatic heterocycles. The SMILES string of the molecule is COc1ccc(OC)c(C(=O)CCC(=O)OC(C(=O)NC2CC2)c2ccc(Br)cc2)c1. The fourth-order valence-electron chi connectivity index (χ4n) is 2.99. The van der Waals surface area contributed by atoms with Crippen LogP contribution in [-0.2, 0) is 14.3 Å². The molecular formula is C23H24BrNO6. The van der Waals surface area contributed by atoms with Crippen LogP contribution < -0.4 is 14.8 Å². The molecule has 1 N–H and O–H groups in total. The zero-order chi connectivity index (χ0) is 22.4. The lowest BCUT2D eigenvalue weighted by Gasteiger charge is -2.18. The fourth-order valence-corrected chi connectivity index (χ4v) is 3.25. The molecule has 31 heavy (non-hydrogen) atoms. The summed E-state index contributed by atoms with van der Waals surface area (Å²) in [5, 5.41) is 2.87. The van der Waals surface area contributed by atoms with Crippen molar-refractivity contribution in [3.8, 4) is 11.5 Å². The number of ether oxygens (including phenoxy) is 3. The van der Waals surface area contributed by atoms with E-state index in [9.17, 15) is 14.4 Å². The van der Waals surface area contributed by atoms with Crippen molar-refractivity contribution in [3.63, 3.8) is 0 Å². The Bertz CT molecular complexity index is 955. The van der Waals surface area contributed by atoms with Crippen LogP contribution in [0.25, 0.3) is 0 Å².